The Hall–Kier alpha value is -2.62. The summed E-state index contributed by atoms with van der Waals surface area (Å²) in [7, 11) is -3.88. The molecule has 3 rings (SSSR count). The number of rotatable bonds is 9. The summed E-state index contributed by atoms with van der Waals surface area (Å²) in [5.74, 6) is -1.29. The maximum Gasteiger partial charge on any atom is 0.252 e. The normalized spacial score (nSPS) is 12.1. The molecule has 3 aromatic carbocycles. The van der Waals surface area contributed by atoms with E-state index in [1.807, 2.05) is 0 Å². The molecule has 0 fully saturated rings. The second-order valence-corrected chi connectivity index (χ2v) is 9.60. The Morgan fingerprint density at radius 2 is 1.70 bits per heavy atom. The van der Waals surface area contributed by atoms with Gasteiger partial charge in [-0.3, -0.25) is 4.79 Å². The van der Waals surface area contributed by atoms with Crippen molar-refractivity contribution in [3.63, 3.8) is 0 Å². The van der Waals surface area contributed by atoms with Crippen LogP contribution in [-0.4, -0.2) is 37.6 Å². The zero-order valence-corrected chi connectivity index (χ0v) is 19.8. The summed E-state index contributed by atoms with van der Waals surface area (Å²) in [6.07, 6.45) is -0.0509. The largest absolute Gasteiger partial charge is 0.507 e. The fraction of sp³-hybridized carbons (Fsp3) is 0.174. The van der Waals surface area contributed by atoms with Crippen LogP contribution < -0.4 is 11.1 Å². The Balaban J connectivity index is 0.00000385. The summed E-state index contributed by atoms with van der Waals surface area (Å²) in [5, 5.41) is 23.6. The Morgan fingerprint density at radius 1 is 1.03 bits per heavy atom. The third-order valence-corrected chi connectivity index (χ3v) is 6.94. The quantitative estimate of drug-likeness (QED) is 0.327. The number of nitrogens with one attached hydrogen (secondary N) is 1. The third kappa shape index (κ3) is 6.69. The highest BCUT2D eigenvalue weighted by Gasteiger charge is 2.20. The van der Waals surface area contributed by atoms with Crippen molar-refractivity contribution < 1.29 is 23.4 Å². The molecule has 0 radical (unpaired) electrons. The van der Waals surface area contributed by atoms with Crippen LogP contribution >= 0.6 is 24.0 Å². The predicted molar refractivity (Wildman–Crippen MR) is 129 cm³/mol. The molecular weight excluding hydrogens is 487 g/mol. The maximum atomic E-state index is 12.8. The topological polar surface area (TPSA) is 130 Å². The predicted octanol–water partition coefficient (Wildman–Crippen LogP) is 3.26. The highest BCUT2D eigenvalue weighted by atomic mass is 35.5. The van der Waals surface area contributed by atoms with E-state index < -0.39 is 21.8 Å². The number of carbonyl (C=O) groups is 1. The molecule has 3 aromatic rings. The van der Waals surface area contributed by atoms with Crippen LogP contribution in [0.5, 0.6) is 5.75 Å². The summed E-state index contributed by atoms with van der Waals surface area (Å²) in [4.78, 5) is 11.3. The van der Waals surface area contributed by atoms with Crippen molar-refractivity contribution in [3.05, 3.63) is 88.4 Å². The summed E-state index contributed by atoms with van der Waals surface area (Å²) < 4.78 is 25.7. The molecule has 0 unspecified atom stereocenters. The first-order valence-electron chi connectivity index (χ1n) is 9.79. The number of aromatic hydroxyl groups is 1. The number of aliphatic hydroxyl groups excluding tert-OH is 1. The van der Waals surface area contributed by atoms with Gasteiger partial charge in [-0.1, -0.05) is 35.9 Å². The minimum absolute atomic E-state index is 0. The van der Waals surface area contributed by atoms with Gasteiger partial charge >= 0.3 is 0 Å². The van der Waals surface area contributed by atoms with Crippen LogP contribution in [-0.2, 0) is 16.3 Å². The minimum atomic E-state index is -3.88. The smallest absolute Gasteiger partial charge is 0.252 e. The average Bonchev–Trinajstić information content (AvgIpc) is 2.77. The van der Waals surface area contributed by atoms with Crippen LogP contribution in [0.25, 0.3) is 0 Å². The lowest BCUT2D eigenvalue weighted by atomic mass is 10.1. The van der Waals surface area contributed by atoms with Crippen LogP contribution in [0.1, 0.15) is 27.6 Å². The van der Waals surface area contributed by atoms with E-state index in [1.54, 1.807) is 36.4 Å². The van der Waals surface area contributed by atoms with Crippen molar-refractivity contribution in [2.24, 2.45) is 5.73 Å². The van der Waals surface area contributed by atoms with Crippen molar-refractivity contribution in [3.8, 4) is 5.75 Å². The van der Waals surface area contributed by atoms with Crippen LogP contribution in [0.4, 0.5) is 0 Å². The number of amides is 1. The number of sulfone groups is 1. The lowest BCUT2D eigenvalue weighted by Gasteiger charge is -2.13. The molecule has 0 saturated carbocycles. The zero-order valence-electron chi connectivity index (χ0n) is 17.4. The van der Waals surface area contributed by atoms with Crippen molar-refractivity contribution in [2.75, 3.05) is 13.1 Å². The van der Waals surface area contributed by atoms with Crippen molar-refractivity contribution in [1.29, 1.82) is 0 Å². The highest BCUT2D eigenvalue weighted by molar-refractivity contribution is 7.91. The Bertz CT molecular complexity index is 1220. The fourth-order valence-corrected chi connectivity index (χ4v) is 4.64. The summed E-state index contributed by atoms with van der Waals surface area (Å²) in [6.45, 7) is 0.944. The fourth-order valence-electron chi connectivity index (χ4n) is 3.15. The van der Waals surface area contributed by atoms with E-state index >= 15 is 0 Å². The lowest BCUT2D eigenvalue weighted by Crippen LogP contribution is -2.23. The SMILES string of the molecule is Cl.NC(=O)c1cc(S(=O)(=O)c2ccc(CCNC[C@@H](O)c3cccc(Cl)c3)cc2)ccc1O. The number of benzene rings is 3. The number of hydrogen-bond donors (Lipinski definition) is 4. The third-order valence-electron chi connectivity index (χ3n) is 4.94. The van der Waals surface area contributed by atoms with Crippen LogP contribution in [0.2, 0.25) is 5.02 Å². The molecule has 0 aromatic heterocycles. The first kappa shape index (κ1) is 26.6. The number of carbonyl (C=O) groups excluding carboxylic acids is 1. The molecule has 0 aliphatic rings. The van der Waals surface area contributed by atoms with Gasteiger partial charge in [0.25, 0.3) is 5.91 Å². The molecule has 0 aliphatic heterocycles. The van der Waals surface area contributed by atoms with E-state index in [2.05, 4.69) is 5.32 Å². The Labute approximate surface area is 203 Å². The Kier molecular flexibility index (Phi) is 9.27. The van der Waals surface area contributed by atoms with Crippen LogP contribution in [0.15, 0.2) is 76.5 Å². The number of phenols is 1. The summed E-state index contributed by atoms with van der Waals surface area (Å²) >= 11 is 5.94. The van der Waals surface area contributed by atoms with Gasteiger partial charge in [-0.05, 0) is 66.6 Å². The van der Waals surface area contributed by atoms with Gasteiger partial charge in [0.05, 0.1) is 21.5 Å². The number of hydrogen-bond acceptors (Lipinski definition) is 6. The maximum absolute atomic E-state index is 12.8. The number of primary amides is 1. The monoisotopic (exact) mass is 510 g/mol. The van der Waals surface area contributed by atoms with Gasteiger partial charge in [-0.2, -0.15) is 0 Å². The summed E-state index contributed by atoms with van der Waals surface area (Å²) in [5.41, 5.74) is 6.57. The van der Waals surface area contributed by atoms with E-state index in [1.165, 1.54) is 18.2 Å². The standard InChI is InChI=1S/C23H23ClN2O5S.ClH/c24-17-3-1-2-16(12-17)22(28)14-26-11-10-15-4-6-18(7-5-15)32(30,31)19-8-9-21(27)20(13-19)23(25)29;/h1-9,12-13,22,26-28H,10-11,14H2,(H2,25,29);1H/t22-;/m1./s1. The summed E-state index contributed by atoms with van der Waals surface area (Å²) in [6, 6.07) is 16.8. The second kappa shape index (κ2) is 11.5. The minimum Gasteiger partial charge on any atom is -0.507 e. The molecule has 1 amide bonds. The molecule has 5 N–H and O–H groups in total. The van der Waals surface area contributed by atoms with Crippen molar-refractivity contribution in [1.82, 2.24) is 5.32 Å². The molecule has 33 heavy (non-hydrogen) atoms. The molecule has 10 heteroatoms. The first-order chi connectivity index (χ1) is 15.2. The van der Waals surface area contributed by atoms with Gasteiger partial charge in [0.1, 0.15) is 5.75 Å². The molecule has 0 aliphatic carbocycles. The van der Waals surface area contributed by atoms with E-state index in [9.17, 15) is 23.4 Å². The molecule has 7 nitrogen and oxygen atoms in total. The van der Waals surface area contributed by atoms with Crippen molar-refractivity contribution >= 4 is 39.8 Å². The molecule has 0 saturated heterocycles. The van der Waals surface area contributed by atoms with Gasteiger partial charge in [0, 0.05) is 11.6 Å². The average molecular weight is 511 g/mol. The lowest BCUT2D eigenvalue weighted by molar-refractivity contribution is 0.0997. The molecule has 1 atom stereocenters. The Morgan fingerprint density at radius 3 is 2.33 bits per heavy atom. The number of halogens is 2. The zero-order chi connectivity index (χ0) is 23.3. The molecule has 0 spiro atoms. The molecular formula is C23H24Cl2N2O5S. The highest BCUT2D eigenvalue weighted by Crippen LogP contribution is 2.26. The van der Waals surface area contributed by atoms with E-state index in [4.69, 9.17) is 17.3 Å². The molecule has 0 heterocycles. The van der Waals surface area contributed by atoms with E-state index in [0.29, 0.717) is 24.5 Å². The van der Waals surface area contributed by atoms with Gasteiger partial charge in [-0.25, -0.2) is 8.42 Å². The van der Waals surface area contributed by atoms with Gasteiger partial charge in [-0.15, -0.1) is 12.4 Å². The van der Waals surface area contributed by atoms with Crippen LogP contribution in [0, 0.1) is 0 Å². The van der Waals surface area contributed by atoms with Gasteiger partial charge in [0.15, 0.2) is 0 Å². The van der Waals surface area contributed by atoms with E-state index in [-0.39, 0.29) is 33.5 Å². The molecule has 0 bridgehead atoms. The van der Waals surface area contributed by atoms with E-state index in [0.717, 1.165) is 23.3 Å². The van der Waals surface area contributed by atoms with Gasteiger partial charge < -0.3 is 21.3 Å². The van der Waals surface area contributed by atoms with Gasteiger partial charge in [0.2, 0.25) is 9.84 Å². The van der Waals surface area contributed by atoms with Crippen LogP contribution in [0.3, 0.4) is 0 Å². The second-order valence-electron chi connectivity index (χ2n) is 7.22. The number of aliphatic hydroxyl groups is 1. The first-order valence-corrected chi connectivity index (χ1v) is 11.7. The molecule has 176 valence electrons. The number of nitrogens with two attached hydrogens (primary N) is 1. The van der Waals surface area contributed by atoms with Crippen molar-refractivity contribution in [2.45, 2.75) is 22.3 Å².